The van der Waals surface area contributed by atoms with E-state index in [0.29, 0.717) is 6.61 Å². The number of hydrogen-bond acceptors (Lipinski definition) is 3. The van der Waals surface area contributed by atoms with E-state index in [1.807, 2.05) is 0 Å². The number of unbranched alkanes of at least 4 members (excludes halogenated alkanes) is 7. The Labute approximate surface area is 161 Å². The third-order valence-electron chi connectivity index (χ3n) is 3.85. The summed E-state index contributed by atoms with van der Waals surface area (Å²) in [6.07, 6.45) is 14.6. The molecule has 0 bridgehead atoms. The molecule has 0 fully saturated rings. The summed E-state index contributed by atoms with van der Waals surface area (Å²) in [6, 6.07) is 0. The molecule has 4 heteroatoms. The fourth-order valence-electron chi connectivity index (χ4n) is 2.25. The fraction of sp³-hybridized carbons (Fsp3) is 0.727. The number of ether oxygens (including phenoxy) is 1. The Bertz CT molecular complexity index is 364. The molecule has 0 aliphatic carbocycles. The number of esters is 1. The van der Waals surface area contributed by atoms with Crippen LogP contribution < -0.4 is 5.32 Å². The van der Waals surface area contributed by atoms with Gasteiger partial charge in [-0.15, -0.1) is 0 Å². The molecule has 0 radical (unpaired) electrons. The molecule has 0 aromatic carbocycles. The molecule has 0 aliphatic rings. The molecule has 0 aromatic rings. The van der Waals surface area contributed by atoms with Crippen LogP contribution in [0.2, 0.25) is 0 Å². The van der Waals surface area contributed by atoms with Crippen molar-refractivity contribution >= 4 is 11.9 Å². The molecule has 0 saturated heterocycles. The van der Waals surface area contributed by atoms with Crippen LogP contribution in [0.15, 0.2) is 25.3 Å². The Kier molecular flexibility index (Phi) is 22.0. The lowest BCUT2D eigenvalue weighted by molar-refractivity contribution is -0.137. The second-order valence-corrected chi connectivity index (χ2v) is 6.88. The van der Waals surface area contributed by atoms with Gasteiger partial charge in [0.15, 0.2) is 0 Å². The lowest BCUT2D eigenvalue weighted by Gasteiger charge is -2.04. The molecule has 0 spiro atoms. The smallest absolute Gasteiger partial charge is 0.330 e. The van der Waals surface area contributed by atoms with Crippen molar-refractivity contribution in [3.05, 3.63) is 25.3 Å². The molecule has 0 atom stereocenters. The van der Waals surface area contributed by atoms with E-state index >= 15 is 0 Å². The van der Waals surface area contributed by atoms with Gasteiger partial charge in [0.05, 0.1) is 6.61 Å². The Balaban J connectivity index is 0. The first kappa shape index (κ1) is 26.6. The van der Waals surface area contributed by atoms with Gasteiger partial charge in [-0.2, -0.15) is 0 Å². The van der Waals surface area contributed by atoms with E-state index in [2.05, 4.69) is 39.2 Å². The zero-order valence-corrected chi connectivity index (χ0v) is 17.4. The predicted molar refractivity (Wildman–Crippen MR) is 111 cm³/mol. The first-order valence-corrected chi connectivity index (χ1v) is 10.2. The van der Waals surface area contributed by atoms with Crippen molar-refractivity contribution in [3.63, 3.8) is 0 Å². The highest BCUT2D eigenvalue weighted by molar-refractivity contribution is 5.86. The summed E-state index contributed by atoms with van der Waals surface area (Å²) in [6.45, 7) is 14.7. The van der Waals surface area contributed by atoms with Gasteiger partial charge in [-0.3, -0.25) is 4.79 Å². The molecule has 0 aromatic heterocycles. The van der Waals surface area contributed by atoms with Crippen LogP contribution in [0.4, 0.5) is 0 Å². The van der Waals surface area contributed by atoms with Gasteiger partial charge in [0.2, 0.25) is 5.91 Å². The summed E-state index contributed by atoms with van der Waals surface area (Å²) in [5.74, 6) is 0.396. The number of amides is 1. The molecule has 0 aliphatic heterocycles. The van der Waals surface area contributed by atoms with Crippen molar-refractivity contribution in [2.45, 2.75) is 85.0 Å². The average molecular weight is 368 g/mol. The van der Waals surface area contributed by atoms with Crippen molar-refractivity contribution in [1.29, 1.82) is 0 Å². The number of carbonyl (C=O) groups excluding carboxylic acids is 2. The minimum Gasteiger partial charge on any atom is -0.463 e. The topological polar surface area (TPSA) is 55.4 Å². The Morgan fingerprint density at radius 2 is 1.54 bits per heavy atom. The van der Waals surface area contributed by atoms with Crippen molar-refractivity contribution in [2.24, 2.45) is 5.92 Å². The van der Waals surface area contributed by atoms with Gasteiger partial charge in [-0.25, -0.2) is 4.79 Å². The quantitative estimate of drug-likeness (QED) is 0.233. The van der Waals surface area contributed by atoms with Crippen LogP contribution in [0.1, 0.15) is 85.0 Å². The standard InChI is InChI=1S/C11H21NO.C11H20O2/c1-3-5-6-7-8-9-10-12-11(13)4-2;1-4-11(12)13-9-7-5-6-8-10(2)3/h4H,2-3,5-10H2,1H3,(H,12,13);4,10H,1,5-9H2,2-3H3. The van der Waals surface area contributed by atoms with E-state index in [0.717, 1.165) is 31.7 Å². The average Bonchev–Trinajstić information content (AvgIpc) is 2.63. The number of rotatable bonds is 15. The summed E-state index contributed by atoms with van der Waals surface area (Å²) in [7, 11) is 0. The van der Waals surface area contributed by atoms with Crippen LogP contribution >= 0.6 is 0 Å². The number of nitrogens with one attached hydrogen (secondary N) is 1. The minimum absolute atomic E-state index is 0.0615. The zero-order valence-electron chi connectivity index (χ0n) is 17.4. The summed E-state index contributed by atoms with van der Waals surface area (Å²) >= 11 is 0. The highest BCUT2D eigenvalue weighted by Crippen LogP contribution is 2.07. The second kappa shape index (κ2) is 21.5. The van der Waals surface area contributed by atoms with Crippen LogP contribution in [0, 0.1) is 5.92 Å². The molecule has 1 amide bonds. The fourth-order valence-corrected chi connectivity index (χ4v) is 2.25. The van der Waals surface area contributed by atoms with E-state index in [1.54, 1.807) is 0 Å². The van der Waals surface area contributed by atoms with E-state index in [1.165, 1.54) is 57.1 Å². The zero-order chi connectivity index (χ0) is 20.0. The molecule has 0 rings (SSSR count). The summed E-state index contributed by atoms with van der Waals surface area (Å²) < 4.78 is 4.84. The molecular formula is C22H41NO3. The van der Waals surface area contributed by atoms with Gasteiger partial charge in [0.1, 0.15) is 0 Å². The van der Waals surface area contributed by atoms with Crippen LogP contribution in [0.25, 0.3) is 0 Å². The third-order valence-corrected chi connectivity index (χ3v) is 3.85. The maximum absolute atomic E-state index is 10.7. The van der Waals surface area contributed by atoms with Gasteiger partial charge in [0, 0.05) is 12.6 Å². The Hall–Kier alpha value is -1.58. The Morgan fingerprint density at radius 1 is 0.923 bits per heavy atom. The van der Waals surface area contributed by atoms with Crippen LogP contribution in [-0.4, -0.2) is 25.0 Å². The van der Waals surface area contributed by atoms with Gasteiger partial charge < -0.3 is 10.1 Å². The number of carbonyl (C=O) groups is 2. The van der Waals surface area contributed by atoms with Crippen LogP contribution in [-0.2, 0) is 14.3 Å². The minimum atomic E-state index is -0.316. The summed E-state index contributed by atoms with van der Waals surface area (Å²) in [5.41, 5.74) is 0. The number of hydrogen-bond donors (Lipinski definition) is 1. The van der Waals surface area contributed by atoms with E-state index < -0.39 is 0 Å². The van der Waals surface area contributed by atoms with Crippen LogP contribution in [0.3, 0.4) is 0 Å². The summed E-state index contributed by atoms with van der Waals surface area (Å²) in [5, 5.41) is 2.77. The molecule has 0 heterocycles. The van der Waals surface area contributed by atoms with Gasteiger partial charge in [0.25, 0.3) is 0 Å². The van der Waals surface area contributed by atoms with Crippen molar-refractivity contribution in [1.82, 2.24) is 5.32 Å². The Morgan fingerprint density at radius 3 is 2.12 bits per heavy atom. The second-order valence-electron chi connectivity index (χ2n) is 6.88. The molecule has 4 nitrogen and oxygen atoms in total. The van der Waals surface area contributed by atoms with Crippen LogP contribution in [0.5, 0.6) is 0 Å². The molecule has 0 saturated carbocycles. The van der Waals surface area contributed by atoms with Crippen molar-refractivity contribution in [2.75, 3.05) is 13.2 Å². The first-order valence-electron chi connectivity index (χ1n) is 10.2. The molecule has 0 unspecified atom stereocenters. The highest BCUT2D eigenvalue weighted by Gasteiger charge is 1.96. The van der Waals surface area contributed by atoms with Crippen molar-refractivity contribution in [3.8, 4) is 0 Å². The molecule has 1 N–H and O–H groups in total. The summed E-state index contributed by atoms with van der Waals surface area (Å²) in [4.78, 5) is 21.3. The van der Waals surface area contributed by atoms with Gasteiger partial charge in [-0.05, 0) is 24.8 Å². The largest absolute Gasteiger partial charge is 0.463 e. The lowest BCUT2D eigenvalue weighted by Crippen LogP contribution is -2.21. The van der Waals surface area contributed by atoms with Crippen molar-refractivity contribution < 1.29 is 14.3 Å². The van der Waals surface area contributed by atoms with E-state index in [4.69, 9.17) is 4.74 Å². The molecular weight excluding hydrogens is 326 g/mol. The van der Waals surface area contributed by atoms with E-state index in [-0.39, 0.29) is 11.9 Å². The maximum atomic E-state index is 10.7. The highest BCUT2D eigenvalue weighted by atomic mass is 16.5. The first-order chi connectivity index (χ1) is 12.5. The third kappa shape index (κ3) is 24.7. The predicted octanol–water partition coefficient (Wildman–Crippen LogP) is 5.58. The molecule has 152 valence electrons. The molecule has 26 heavy (non-hydrogen) atoms. The SMILES string of the molecule is C=CC(=O)NCCCCCCCC.C=CC(=O)OCCCCCC(C)C. The monoisotopic (exact) mass is 367 g/mol. The lowest BCUT2D eigenvalue weighted by atomic mass is 10.1. The normalized spacial score (nSPS) is 9.85. The van der Waals surface area contributed by atoms with E-state index in [9.17, 15) is 9.59 Å². The maximum Gasteiger partial charge on any atom is 0.330 e. The van der Waals surface area contributed by atoms with Gasteiger partial charge in [-0.1, -0.05) is 85.3 Å². The van der Waals surface area contributed by atoms with Gasteiger partial charge >= 0.3 is 5.97 Å².